The SMILES string of the molecule is C=CCC(CCN(C)C)CSN. The second kappa shape index (κ2) is 7.65. The Hall–Kier alpha value is 0.01000. The van der Waals surface area contributed by atoms with Gasteiger partial charge in [0.05, 0.1) is 0 Å². The van der Waals surface area contributed by atoms with Gasteiger partial charge in [-0.15, -0.1) is 6.58 Å². The van der Waals surface area contributed by atoms with E-state index in [0.717, 1.165) is 18.7 Å². The number of rotatable bonds is 7. The van der Waals surface area contributed by atoms with Gasteiger partial charge in [0.25, 0.3) is 0 Å². The summed E-state index contributed by atoms with van der Waals surface area (Å²) in [5.41, 5.74) is 0. The summed E-state index contributed by atoms with van der Waals surface area (Å²) in [5, 5.41) is 5.43. The highest BCUT2D eigenvalue weighted by atomic mass is 32.2. The van der Waals surface area contributed by atoms with Crippen LogP contribution < -0.4 is 5.14 Å². The summed E-state index contributed by atoms with van der Waals surface area (Å²) in [4.78, 5) is 2.21. The highest BCUT2D eigenvalue weighted by Gasteiger charge is 2.06. The van der Waals surface area contributed by atoms with Gasteiger partial charge in [-0.2, -0.15) is 0 Å². The van der Waals surface area contributed by atoms with Crippen LogP contribution in [0, 0.1) is 5.92 Å². The maximum absolute atomic E-state index is 5.43. The Morgan fingerprint density at radius 3 is 2.67 bits per heavy atom. The zero-order valence-corrected chi connectivity index (χ0v) is 8.94. The molecule has 2 N–H and O–H groups in total. The molecule has 2 nitrogen and oxygen atoms in total. The lowest BCUT2D eigenvalue weighted by Crippen LogP contribution is -2.18. The molecule has 0 heterocycles. The van der Waals surface area contributed by atoms with Crippen LogP contribution in [0.25, 0.3) is 0 Å². The van der Waals surface area contributed by atoms with Crippen LogP contribution in [0.4, 0.5) is 0 Å². The van der Waals surface area contributed by atoms with Crippen molar-refractivity contribution in [3.63, 3.8) is 0 Å². The highest BCUT2D eigenvalue weighted by Crippen LogP contribution is 2.13. The van der Waals surface area contributed by atoms with E-state index >= 15 is 0 Å². The van der Waals surface area contributed by atoms with Gasteiger partial charge in [0, 0.05) is 5.75 Å². The zero-order valence-electron chi connectivity index (χ0n) is 8.12. The van der Waals surface area contributed by atoms with Crippen molar-refractivity contribution >= 4 is 11.9 Å². The Morgan fingerprint density at radius 2 is 2.25 bits per heavy atom. The van der Waals surface area contributed by atoms with Crippen molar-refractivity contribution in [3.05, 3.63) is 12.7 Å². The van der Waals surface area contributed by atoms with Crippen molar-refractivity contribution in [2.45, 2.75) is 12.8 Å². The van der Waals surface area contributed by atoms with E-state index in [-0.39, 0.29) is 0 Å². The summed E-state index contributed by atoms with van der Waals surface area (Å²) in [7, 11) is 4.20. The fourth-order valence-corrected chi connectivity index (χ4v) is 1.66. The van der Waals surface area contributed by atoms with Gasteiger partial charge in [0.2, 0.25) is 0 Å². The van der Waals surface area contributed by atoms with Crippen LogP contribution in [0.15, 0.2) is 12.7 Å². The minimum absolute atomic E-state index is 0.694. The molecule has 0 aliphatic heterocycles. The van der Waals surface area contributed by atoms with Gasteiger partial charge in [0.1, 0.15) is 0 Å². The molecule has 0 amide bonds. The largest absolute Gasteiger partial charge is 0.309 e. The van der Waals surface area contributed by atoms with Gasteiger partial charge in [-0.3, -0.25) is 5.14 Å². The first-order chi connectivity index (χ1) is 5.70. The van der Waals surface area contributed by atoms with Crippen molar-refractivity contribution in [1.29, 1.82) is 0 Å². The summed E-state index contributed by atoms with van der Waals surface area (Å²) < 4.78 is 0. The van der Waals surface area contributed by atoms with E-state index in [9.17, 15) is 0 Å². The Bertz CT molecular complexity index is 115. The van der Waals surface area contributed by atoms with E-state index in [1.165, 1.54) is 18.4 Å². The Morgan fingerprint density at radius 1 is 1.58 bits per heavy atom. The van der Waals surface area contributed by atoms with Crippen molar-refractivity contribution in [1.82, 2.24) is 4.90 Å². The fraction of sp³-hybridized carbons (Fsp3) is 0.778. The highest BCUT2D eigenvalue weighted by molar-refractivity contribution is 7.97. The Balaban J connectivity index is 3.54. The average molecular weight is 188 g/mol. The maximum atomic E-state index is 5.43. The van der Waals surface area contributed by atoms with Gasteiger partial charge < -0.3 is 4.90 Å². The lowest BCUT2D eigenvalue weighted by molar-refractivity contribution is 0.363. The third kappa shape index (κ3) is 6.70. The van der Waals surface area contributed by atoms with E-state index in [4.69, 9.17) is 5.14 Å². The molecule has 1 atom stereocenters. The molecule has 3 heteroatoms. The van der Waals surface area contributed by atoms with Crippen LogP contribution in [0.5, 0.6) is 0 Å². The van der Waals surface area contributed by atoms with E-state index in [1.807, 2.05) is 6.08 Å². The first-order valence-electron chi connectivity index (χ1n) is 4.28. The van der Waals surface area contributed by atoms with E-state index in [2.05, 4.69) is 25.6 Å². The summed E-state index contributed by atoms with van der Waals surface area (Å²) >= 11 is 1.44. The van der Waals surface area contributed by atoms with Crippen molar-refractivity contribution < 1.29 is 0 Å². The molecule has 0 fully saturated rings. The molecule has 0 aliphatic carbocycles. The molecule has 1 unspecified atom stereocenters. The Kier molecular flexibility index (Phi) is 7.65. The quantitative estimate of drug-likeness (QED) is 0.487. The lowest BCUT2D eigenvalue weighted by atomic mass is 10.0. The molecule has 0 spiro atoms. The molecule has 0 bridgehead atoms. The van der Waals surface area contributed by atoms with Gasteiger partial charge >= 0.3 is 0 Å². The average Bonchev–Trinajstić information content (AvgIpc) is 2.01. The van der Waals surface area contributed by atoms with Gasteiger partial charge in [-0.25, -0.2) is 0 Å². The standard InChI is InChI=1S/C9H20N2S/c1-4-5-9(8-12-10)6-7-11(2)3/h4,9H,1,5-8,10H2,2-3H3. The Labute approximate surface area is 80.3 Å². The molecule has 0 rings (SSSR count). The first kappa shape index (κ1) is 12.0. The molecule has 12 heavy (non-hydrogen) atoms. The van der Waals surface area contributed by atoms with Crippen LogP contribution in [0.2, 0.25) is 0 Å². The monoisotopic (exact) mass is 188 g/mol. The molecule has 0 aromatic heterocycles. The number of nitrogens with zero attached hydrogens (tertiary/aromatic N) is 1. The summed E-state index contributed by atoms with van der Waals surface area (Å²) in [6.07, 6.45) is 4.28. The van der Waals surface area contributed by atoms with Crippen molar-refractivity contribution in [2.75, 3.05) is 26.4 Å². The van der Waals surface area contributed by atoms with Crippen molar-refractivity contribution in [3.8, 4) is 0 Å². The third-order valence-electron chi connectivity index (χ3n) is 1.82. The third-order valence-corrected chi connectivity index (χ3v) is 2.48. The van der Waals surface area contributed by atoms with Gasteiger partial charge in [0.15, 0.2) is 0 Å². The summed E-state index contributed by atoms with van der Waals surface area (Å²) in [6.45, 7) is 4.88. The normalized spacial score (nSPS) is 13.3. The van der Waals surface area contributed by atoms with Gasteiger partial charge in [-0.05, 0) is 39.4 Å². The zero-order chi connectivity index (χ0) is 9.40. The molecule has 0 aromatic carbocycles. The minimum Gasteiger partial charge on any atom is -0.309 e. The van der Waals surface area contributed by atoms with E-state index < -0.39 is 0 Å². The molecule has 72 valence electrons. The topological polar surface area (TPSA) is 29.3 Å². The summed E-state index contributed by atoms with van der Waals surface area (Å²) in [6, 6.07) is 0. The lowest BCUT2D eigenvalue weighted by Gasteiger charge is -2.16. The summed E-state index contributed by atoms with van der Waals surface area (Å²) in [5.74, 6) is 1.74. The van der Waals surface area contributed by atoms with Crippen LogP contribution >= 0.6 is 11.9 Å². The van der Waals surface area contributed by atoms with E-state index in [0.29, 0.717) is 5.92 Å². The fourth-order valence-electron chi connectivity index (χ4n) is 1.08. The number of allylic oxidation sites excluding steroid dienone is 1. The number of nitrogens with two attached hydrogens (primary N) is 1. The molecular formula is C9H20N2S. The molecular weight excluding hydrogens is 168 g/mol. The first-order valence-corrected chi connectivity index (χ1v) is 5.33. The molecule has 0 aliphatic rings. The van der Waals surface area contributed by atoms with Crippen molar-refractivity contribution in [2.24, 2.45) is 11.1 Å². The predicted octanol–water partition coefficient (Wildman–Crippen LogP) is 1.74. The second-order valence-electron chi connectivity index (χ2n) is 3.32. The van der Waals surface area contributed by atoms with Crippen LogP contribution in [0.1, 0.15) is 12.8 Å². The molecule has 0 saturated carbocycles. The predicted molar refractivity (Wildman–Crippen MR) is 58.1 cm³/mol. The van der Waals surface area contributed by atoms with E-state index in [1.54, 1.807) is 0 Å². The number of hydrogen-bond acceptors (Lipinski definition) is 3. The van der Waals surface area contributed by atoms with Crippen LogP contribution in [0.3, 0.4) is 0 Å². The molecule has 0 radical (unpaired) electrons. The minimum atomic E-state index is 0.694. The molecule has 0 aromatic rings. The second-order valence-corrected chi connectivity index (χ2v) is 3.98. The smallest absolute Gasteiger partial charge is 0.0108 e. The molecule has 0 saturated heterocycles. The van der Waals surface area contributed by atoms with Crippen LogP contribution in [-0.2, 0) is 0 Å². The maximum Gasteiger partial charge on any atom is 0.0108 e. The van der Waals surface area contributed by atoms with Crippen LogP contribution in [-0.4, -0.2) is 31.3 Å². The number of hydrogen-bond donors (Lipinski definition) is 1. The van der Waals surface area contributed by atoms with Gasteiger partial charge in [-0.1, -0.05) is 18.0 Å².